The van der Waals surface area contributed by atoms with Crippen LogP contribution in [-0.2, 0) is 9.47 Å². The molecule has 2 unspecified atom stereocenters. The highest BCUT2D eigenvalue weighted by atomic mass is 79.9. The minimum atomic E-state index is 0.424. The molecule has 3 nitrogen and oxygen atoms in total. The van der Waals surface area contributed by atoms with Crippen molar-refractivity contribution in [3.63, 3.8) is 0 Å². The highest BCUT2D eigenvalue weighted by Crippen LogP contribution is 2.27. The van der Waals surface area contributed by atoms with Crippen LogP contribution in [0.1, 0.15) is 30.7 Å². The molecule has 1 fully saturated rings. The van der Waals surface area contributed by atoms with Crippen molar-refractivity contribution in [1.82, 2.24) is 5.32 Å². The van der Waals surface area contributed by atoms with Crippen LogP contribution >= 0.6 is 15.9 Å². The molecule has 1 aliphatic heterocycles. The molecule has 0 radical (unpaired) electrons. The third kappa shape index (κ3) is 5.17. The van der Waals surface area contributed by atoms with Crippen LogP contribution in [0.25, 0.3) is 0 Å². The van der Waals surface area contributed by atoms with E-state index in [1.165, 1.54) is 18.4 Å². The molecule has 2 atom stereocenters. The lowest BCUT2D eigenvalue weighted by atomic mass is 9.92. The number of hydrogen-bond acceptors (Lipinski definition) is 3. The molecule has 1 aromatic carbocycles. The van der Waals surface area contributed by atoms with Crippen molar-refractivity contribution in [3.05, 3.63) is 34.3 Å². The summed E-state index contributed by atoms with van der Waals surface area (Å²) in [5, 5.41) is 3.48. The Kier molecular flexibility index (Phi) is 7.00. The van der Waals surface area contributed by atoms with Crippen LogP contribution in [0.5, 0.6) is 0 Å². The fraction of sp³-hybridized carbons (Fsp3) is 0.625. The Morgan fingerprint density at radius 2 is 2.20 bits per heavy atom. The normalized spacial score (nSPS) is 20.2. The molecule has 1 aromatic rings. The minimum absolute atomic E-state index is 0.424. The van der Waals surface area contributed by atoms with Gasteiger partial charge in [0, 0.05) is 31.3 Å². The van der Waals surface area contributed by atoms with Gasteiger partial charge in [0.05, 0.1) is 12.7 Å². The van der Waals surface area contributed by atoms with Gasteiger partial charge in [-0.05, 0) is 42.9 Å². The second-order valence-electron chi connectivity index (χ2n) is 5.32. The Morgan fingerprint density at radius 1 is 1.40 bits per heavy atom. The molecule has 0 aliphatic carbocycles. The average Bonchev–Trinajstić information content (AvgIpc) is 2.96. The number of methoxy groups -OCH3 is 1. The molecular weight excluding hydrogens is 318 g/mol. The van der Waals surface area contributed by atoms with E-state index < -0.39 is 0 Å². The van der Waals surface area contributed by atoms with Gasteiger partial charge in [-0.1, -0.05) is 28.1 Å². The van der Waals surface area contributed by atoms with E-state index in [-0.39, 0.29) is 0 Å². The molecule has 2 rings (SSSR count). The summed E-state index contributed by atoms with van der Waals surface area (Å²) >= 11 is 3.50. The third-order valence-corrected chi connectivity index (χ3v) is 4.32. The fourth-order valence-electron chi connectivity index (χ4n) is 2.67. The van der Waals surface area contributed by atoms with Gasteiger partial charge in [-0.15, -0.1) is 0 Å². The van der Waals surface area contributed by atoms with Crippen LogP contribution in [-0.4, -0.2) is 39.5 Å². The first-order valence-electron chi connectivity index (χ1n) is 7.36. The van der Waals surface area contributed by atoms with Gasteiger partial charge in [0.1, 0.15) is 0 Å². The van der Waals surface area contributed by atoms with Crippen LogP contribution in [0.3, 0.4) is 0 Å². The number of benzene rings is 1. The van der Waals surface area contributed by atoms with Crippen LogP contribution in [0.2, 0.25) is 0 Å². The van der Waals surface area contributed by atoms with E-state index in [1.807, 2.05) is 0 Å². The highest BCUT2D eigenvalue weighted by Gasteiger charge is 2.21. The molecule has 1 saturated heterocycles. The number of hydrogen-bond donors (Lipinski definition) is 1. The Morgan fingerprint density at radius 3 is 2.85 bits per heavy atom. The van der Waals surface area contributed by atoms with Gasteiger partial charge in [-0.25, -0.2) is 0 Å². The zero-order valence-electron chi connectivity index (χ0n) is 12.1. The summed E-state index contributed by atoms with van der Waals surface area (Å²) in [5.41, 5.74) is 1.38. The zero-order chi connectivity index (χ0) is 14.2. The summed E-state index contributed by atoms with van der Waals surface area (Å²) < 4.78 is 12.0. The summed E-state index contributed by atoms with van der Waals surface area (Å²) in [5.74, 6) is 0.503. The smallest absolute Gasteiger partial charge is 0.0587 e. The van der Waals surface area contributed by atoms with E-state index in [1.54, 1.807) is 7.11 Å². The predicted octanol–water partition coefficient (Wildman–Crippen LogP) is 3.34. The molecule has 20 heavy (non-hydrogen) atoms. The van der Waals surface area contributed by atoms with Crippen molar-refractivity contribution in [1.29, 1.82) is 0 Å². The first-order chi connectivity index (χ1) is 9.79. The summed E-state index contributed by atoms with van der Waals surface area (Å²) in [6, 6.07) is 8.66. The summed E-state index contributed by atoms with van der Waals surface area (Å²) in [4.78, 5) is 0. The molecule has 0 amide bonds. The van der Waals surface area contributed by atoms with Crippen LogP contribution in [0, 0.1) is 0 Å². The van der Waals surface area contributed by atoms with Crippen LogP contribution in [0.15, 0.2) is 28.7 Å². The predicted molar refractivity (Wildman–Crippen MR) is 85.2 cm³/mol. The van der Waals surface area contributed by atoms with Crippen molar-refractivity contribution in [2.75, 3.05) is 33.4 Å². The summed E-state index contributed by atoms with van der Waals surface area (Å²) in [6.45, 7) is 3.56. The Hall–Kier alpha value is -0.420. The van der Waals surface area contributed by atoms with Crippen molar-refractivity contribution < 1.29 is 9.47 Å². The molecule has 0 saturated carbocycles. The SMILES string of the molecule is COCCNCC(CC1CCCO1)c1ccc(Br)cc1. The Labute approximate surface area is 130 Å². The maximum Gasteiger partial charge on any atom is 0.0587 e. The lowest BCUT2D eigenvalue weighted by Gasteiger charge is -2.21. The minimum Gasteiger partial charge on any atom is -0.383 e. The van der Waals surface area contributed by atoms with E-state index in [0.29, 0.717) is 12.0 Å². The Balaban J connectivity index is 1.92. The van der Waals surface area contributed by atoms with Gasteiger partial charge in [0.25, 0.3) is 0 Å². The number of rotatable bonds is 8. The second-order valence-corrected chi connectivity index (χ2v) is 6.23. The second kappa shape index (κ2) is 8.78. The molecule has 0 aromatic heterocycles. The highest BCUT2D eigenvalue weighted by molar-refractivity contribution is 9.10. The van der Waals surface area contributed by atoms with Gasteiger partial charge < -0.3 is 14.8 Å². The van der Waals surface area contributed by atoms with E-state index in [2.05, 4.69) is 45.5 Å². The van der Waals surface area contributed by atoms with Gasteiger partial charge in [-0.2, -0.15) is 0 Å². The molecule has 1 heterocycles. The van der Waals surface area contributed by atoms with Gasteiger partial charge in [0.15, 0.2) is 0 Å². The molecule has 0 spiro atoms. The number of halogens is 1. The van der Waals surface area contributed by atoms with E-state index in [9.17, 15) is 0 Å². The molecule has 1 N–H and O–H groups in total. The average molecular weight is 342 g/mol. The molecule has 112 valence electrons. The molecule has 1 aliphatic rings. The van der Waals surface area contributed by atoms with E-state index in [0.717, 1.165) is 37.2 Å². The van der Waals surface area contributed by atoms with Gasteiger partial charge in [0.2, 0.25) is 0 Å². The largest absolute Gasteiger partial charge is 0.383 e. The van der Waals surface area contributed by atoms with Crippen molar-refractivity contribution in [2.45, 2.75) is 31.3 Å². The number of ether oxygens (including phenoxy) is 2. The third-order valence-electron chi connectivity index (χ3n) is 3.79. The standard InChI is InChI=1S/C16H24BrNO2/c1-19-10-8-18-12-14(11-16-3-2-9-20-16)13-4-6-15(17)7-5-13/h4-7,14,16,18H,2-3,8-12H2,1H3. The van der Waals surface area contributed by atoms with Crippen LogP contribution in [0.4, 0.5) is 0 Å². The maximum atomic E-state index is 5.79. The molecule has 4 heteroatoms. The first-order valence-corrected chi connectivity index (χ1v) is 8.15. The quantitative estimate of drug-likeness (QED) is 0.735. The maximum absolute atomic E-state index is 5.79. The van der Waals surface area contributed by atoms with E-state index in [4.69, 9.17) is 9.47 Å². The van der Waals surface area contributed by atoms with Crippen LogP contribution < -0.4 is 5.32 Å². The zero-order valence-corrected chi connectivity index (χ0v) is 13.7. The topological polar surface area (TPSA) is 30.5 Å². The van der Waals surface area contributed by atoms with Gasteiger partial charge in [-0.3, -0.25) is 0 Å². The fourth-order valence-corrected chi connectivity index (χ4v) is 2.93. The molecular formula is C16H24BrNO2. The monoisotopic (exact) mass is 341 g/mol. The van der Waals surface area contributed by atoms with E-state index >= 15 is 0 Å². The number of nitrogens with one attached hydrogen (secondary N) is 1. The summed E-state index contributed by atoms with van der Waals surface area (Å²) in [6.07, 6.45) is 3.93. The van der Waals surface area contributed by atoms with Crippen molar-refractivity contribution in [3.8, 4) is 0 Å². The van der Waals surface area contributed by atoms with Crippen molar-refractivity contribution in [2.24, 2.45) is 0 Å². The van der Waals surface area contributed by atoms with Gasteiger partial charge >= 0.3 is 0 Å². The van der Waals surface area contributed by atoms with Crippen molar-refractivity contribution >= 4 is 15.9 Å². The lowest BCUT2D eigenvalue weighted by Crippen LogP contribution is -2.27. The lowest BCUT2D eigenvalue weighted by molar-refractivity contribution is 0.0974. The Bertz CT molecular complexity index is 377. The summed E-state index contributed by atoms with van der Waals surface area (Å²) in [7, 11) is 1.74. The molecule has 0 bridgehead atoms. The first kappa shape index (κ1) is 16.0.